The fraction of sp³-hybridized carbons (Fsp3) is 0.412. The van der Waals surface area contributed by atoms with Crippen molar-refractivity contribution in [3.8, 4) is 0 Å². The third-order valence-corrected chi connectivity index (χ3v) is 4.89. The molecule has 1 aliphatic heterocycles. The summed E-state index contributed by atoms with van der Waals surface area (Å²) in [6, 6.07) is 6.46. The van der Waals surface area contributed by atoms with Crippen molar-refractivity contribution >= 4 is 28.1 Å². The summed E-state index contributed by atoms with van der Waals surface area (Å²) in [6.45, 7) is 4.92. The van der Waals surface area contributed by atoms with E-state index >= 15 is 0 Å². The Bertz CT molecular complexity index is 682. The predicted octanol–water partition coefficient (Wildman–Crippen LogP) is 2.22. The third kappa shape index (κ3) is 5.06. The zero-order valence-electron chi connectivity index (χ0n) is 14.1. The van der Waals surface area contributed by atoms with E-state index in [1.165, 1.54) is 12.1 Å². The van der Waals surface area contributed by atoms with Gasteiger partial charge in [-0.2, -0.15) is 0 Å². The second-order valence-electron chi connectivity index (χ2n) is 5.82. The molecule has 3 N–H and O–H groups in total. The highest BCUT2D eigenvalue weighted by molar-refractivity contribution is 7.13. The van der Waals surface area contributed by atoms with Gasteiger partial charge in [-0.25, -0.2) is 9.37 Å². The van der Waals surface area contributed by atoms with Gasteiger partial charge >= 0.3 is 0 Å². The zero-order chi connectivity index (χ0) is 17.5. The minimum absolute atomic E-state index is 0.232. The lowest BCUT2D eigenvalue weighted by Gasteiger charge is -2.35. The predicted molar refractivity (Wildman–Crippen MR) is 102 cm³/mol. The first-order valence-corrected chi connectivity index (χ1v) is 9.29. The van der Waals surface area contributed by atoms with E-state index in [1.54, 1.807) is 17.4 Å². The number of hydrogen-bond donors (Lipinski definition) is 2. The average Bonchev–Trinajstić information content (AvgIpc) is 3.16. The van der Waals surface area contributed by atoms with Crippen LogP contribution >= 0.6 is 11.3 Å². The highest BCUT2D eigenvalue weighted by atomic mass is 32.1. The maximum Gasteiger partial charge on any atom is 0.191 e. The van der Waals surface area contributed by atoms with E-state index in [1.807, 2.05) is 17.6 Å². The van der Waals surface area contributed by atoms with E-state index in [2.05, 4.69) is 25.1 Å². The molecule has 0 amide bonds. The van der Waals surface area contributed by atoms with Crippen molar-refractivity contribution in [1.29, 1.82) is 0 Å². The van der Waals surface area contributed by atoms with Crippen molar-refractivity contribution in [2.45, 2.75) is 6.42 Å². The first kappa shape index (κ1) is 17.5. The molecule has 6 nitrogen and oxygen atoms in total. The maximum absolute atomic E-state index is 13.1. The van der Waals surface area contributed by atoms with Crippen LogP contribution < -0.4 is 16.0 Å². The van der Waals surface area contributed by atoms with Gasteiger partial charge < -0.3 is 20.9 Å². The molecule has 0 bridgehead atoms. The number of rotatable bonds is 6. The summed E-state index contributed by atoms with van der Waals surface area (Å²) < 4.78 is 13.1. The molecule has 1 aromatic carbocycles. The molecule has 25 heavy (non-hydrogen) atoms. The lowest BCUT2D eigenvalue weighted by atomic mass is 10.3. The summed E-state index contributed by atoms with van der Waals surface area (Å²) in [5.41, 5.74) is 6.89. The zero-order valence-corrected chi connectivity index (χ0v) is 14.9. The minimum Gasteiger partial charge on any atom is -0.385 e. The Balaban J connectivity index is 1.36. The number of aromatic nitrogens is 1. The maximum atomic E-state index is 13.1. The summed E-state index contributed by atoms with van der Waals surface area (Å²) in [5.74, 6) is 0.369. The van der Waals surface area contributed by atoms with Crippen LogP contribution in [-0.2, 0) is 0 Å². The first-order valence-electron chi connectivity index (χ1n) is 8.41. The van der Waals surface area contributed by atoms with Gasteiger partial charge in [0.2, 0.25) is 0 Å². The second-order valence-corrected chi connectivity index (χ2v) is 6.69. The number of thiazole rings is 1. The van der Waals surface area contributed by atoms with Gasteiger partial charge in [-0.15, -0.1) is 11.3 Å². The molecular weight excluding hydrogens is 339 g/mol. The number of nitrogens with one attached hydrogen (secondary N) is 1. The van der Waals surface area contributed by atoms with E-state index in [9.17, 15) is 4.39 Å². The largest absolute Gasteiger partial charge is 0.385 e. The summed E-state index contributed by atoms with van der Waals surface area (Å²) >= 11 is 1.66. The van der Waals surface area contributed by atoms with Crippen molar-refractivity contribution in [2.24, 2.45) is 10.7 Å². The van der Waals surface area contributed by atoms with Crippen LogP contribution in [0.5, 0.6) is 0 Å². The molecule has 8 heteroatoms. The second kappa shape index (κ2) is 8.66. The highest BCUT2D eigenvalue weighted by Gasteiger charge is 2.19. The van der Waals surface area contributed by atoms with Crippen molar-refractivity contribution < 1.29 is 4.39 Å². The molecule has 1 aromatic heterocycles. The van der Waals surface area contributed by atoms with Gasteiger partial charge in [0, 0.05) is 56.5 Å². The Hall–Kier alpha value is -2.35. The SMILES string of the molecule is NC(=NCCCNc1cccc(F)c1)N1CCN(c2nccs2)CC1. The number of benzene rings is 1. The van der Waals surface area contributed by atoms with Crippen LogP contribution in [0, 0.1) is 5.82 Å². The van der Waals surface area contributed by atoms with Gasteiger partial charge in [0.25, 0.3) is 0 Å². The average molecular weight is 362 g/mol. The number of halogens is 1. The molecule has 0 radical (unpaired) electrons. The molecule has 2 heterocycles. The monoisotopic (exact) mass is 362 g/mol. The Morgan fingerprint density at radius 1 is 1.32 bits per heavy atom. The lowest BCUT2D eigenvalue weighted by Crippen LogP contribution is -2.51. The molecule has 2 aromatic rings. The van der Waals surface area contributed by atoms with Crippen LogP contribution in [0.3, 0.4) is 0 Å². The van der Waals surface area contributed by atoms with Crippen molar-refractivity contribution in [1.82, 2.24) is 9.88 Å². The quantitative estimate of drug-likeness (QED) is 0.468. The molecule has 0 atom stereocenters. The lowest BCUT2D eigenvalue weighted by molar-refractivity contribution is 0.380. The minimum atomic E-state index is -0.232. The van der Waals surface area contributed by atoms with Gasteiger partial charge in [-0.05, 0) is 24.6 Å². The van der Waals surface area contributed by atoms with Crippen LogP contribution in [0.15, 0.2) is 40.8 Å². The molecule has 1 aliphatic rings. The summed E-state index contributed by atoms with van der Waals surface area (Å²) in [4.78, 5) is 13.2. The van der Waals surface area contributed by atoms with Crippen molar-refractivity contribution in [3.63, 3.8) is 0 Å². The fourth-order valence-corrected chi connectivity index (χ4v) is 3.40. The van der Waals surface area contributed by atoms with Crippen LogP contribution in [0.1, 0.15) is 6.42 Å². The summed E-state index contributed by atoms with van der Waals surface area (Å²) in [7, 11) is 0. The van der Waals surface area contributed by atoms with Crippen LogP contribution in [0.2, 0.25) is 0 Å². The summed E-state index contributed by atoms with van der Waals surface area (Å²) in [5, 5.41) is 6.25. The van der Waals surface area contributed by atoms with Gasteiger partial charge in [0.05, 0.1) is 0 Å². The Kier molecular flexibility index (Phi) is 6.05. The topological polar surface area (TPSA) is 69.8 Å². The molecule has 0 unspecified atom stereocenters. The van der Waals surface area contributed by atoms with E-state index in [-0.39, 0.29) is 5.82 Å². The number of nitrogens with zero attached hydrogens (tertiary/aromatic N) is 4. The molecule has 0 spiro atoms. The number of anilines is 2. The van der Waals surface area contributed by atoms with Crippen LogP contribution in [0.25, 0.3) is 0 Å². The third-order valence-electron chi connectivity index (χ3n) is 4.06. The van der Waals surface area contributed by atoms with Crippen LogP contribution in [0.4, 0.5) is 15.2 Å². The van der Waals surface area contributed by atoms with E-state index in [0.717, 1.165) is 50.0 Å². The smallest absolute Gasteiger partial charge is 0.191 e. The normalized spacial score (nSPS) is 15.5. The van der Waals surface area contributed by atoms with Gasteiger partial charge in [-0.1, -0.05) is 6.07 Å². The number of hydrogen-bond acceptors (Lipinski definition) is 5. The Morgan fingerprint density at radius 2 is 2.16 bits per heavy atom. The van der Waals surface area contributed by atoms with Crippen LogP contribution in [-0.4, -0.2) is 55.1 Å². The Morgan fingerprint density at radius 3 is 2.88 bits per heavy atom. The van der Waals surface area contributed by atoms with Crippen molar-refractivity contribution in [2.75, 3.05) is 49.5 Å². The molecular formula is C17H23FN6S. The first-order chi connectivity index (χ1) is 12.2. The number of aliphatic imine (C=N–C) groups is 1. The van der Waals surface area contributed by atoms with E-state index < -0.39 is 0 Å². The molecule has 3 rings (SSSR count). The van der Waals surface area contributed by atoms with Gasteiger partial charge in [0.1, 0.15) is 5.82 Å². The number of nitrogens with two attached hydrogens (primary N) is 1. The standard InChI is InChI=1S/C17H23FN6S/c18-14-3-1-4-15(13-14)20-5-2-6-21-16(19)23-8-10-24(11-9-23)17-22-7-12-25-17/h1,3-4,7,12-13,20H,2,5-6,8-11H2,(H2,19,21). The molecule has 1 saturated heterocycles. The van der Waals surface area contributed by atoms with Crippen molar-refractivity contribution in [3.05, 3.63) is 41.7 Å². The molecule has 1 fully saturated rings. The van der Waals surface area contributed by atoms with E-state index in [0.29, 0.717) is 12.5 Å². The Labute approximate surface area is 151 Å². The van der Waals surface area contributed by atoms with Gasteiger partial charge in [-0.3, -0.25) is 4.99 Å². The summed E-state index contributed by atoms with van der Waals surface area (Å²) in [6.07, 6.45) is 2.68. The molecule has 0 aliphatic carbocycles. The number of guanidine groups is 1. The molecule has 0 saturated carbocycles. The van der Waals surface area contributed by atoms with Gasteiger partial charge in [0.15, 0.2) is 11.1 Å². The molecule has 134 valence electrons. The van der Waals surface area contributed by atoms with E-state index in [4.69, 9.17) is 5.73 Å². The number of piperazine rings is 1. The fourth-order valence-electron chi connectivity index (χ4n) is 2.70. The highest BCUT2D eigenvalue weighted by Crippen LogP contribution is 2.18.